The molecule has 0 heterocycles. The number of ether oxygens (including phenoxy) is 1. The predicted molar refractivity (Wildman–Crippen MR) is 82.2 cm³/mol. The first-order chi connectivity index (χ1) is 9.47. The topological polar surface area (TPSA) is 62.1 Å². The first-order valence-corrected chi connectivity index (χ1v) is 7.12. The van der Waals surface area contributed by atoms with E-state index >= 15 is 0 Å². The summed E-state index contributed by atoms with van der Waals surface area (Å²) in [6.07, 6.45) is 1.55. The minimum absolute atomic E-state index is 0.00804. The normalized spacial score (nSPS) is 11.1. The lowest BCUT2D eigenvalue weighted by Gasteiger charge is -2.08. The Morgan fingerprint density at radius 1 is 1.55 bits per heavy atom. The zero-order valence-electron chi connectivity index (χ0n) is 11.7. The van der Waals surface area contributed by atoms with E-state index in [1.165, 1.54) is 0 Å². The Morgan fingerprint density at radius 3 is 2.75 bits per heavy atom. The molecular formula is C15H17BrN2O2. The molecule has 20 heavy (non-hydrogen) atoms. The van der Waals surface area contributed by atoms with Gasteiger partial charge in [-0.25, -0.2) is 0 Å². The van der Waals surface area contributed by atoms with Crippen LogP contribution in [0, 0.1) is 11.3 Å². The standard InChI is InChI=1S/C15H17BrN2O2/c1-4-20-14-6-5-11(8-13(14)16)7-12(9-17)15(19)18-10(2)3/h5-8,10H,4H2,1-3H3,(H,18,19)/b12-7-. The molecule has 0 saturated carbocycles. The molecule has 106 valence electrons. The number of rotatable bonds is 5. The maximum Gasteiger partial charge on any atom is 0.262 e. The second-order valence-corrected chi connectivity index (χ2v) is 5.28. The number of hydrogen-bond acceptors (Lipinski definition) is 3. The Hall–Kier alpha value is -1.80. The molecule has 0 saturated heterocycles. The zero-order chi connectivity index (χ0) is 15.1. The second-order valence-electron chi connectivity index (χ2n) is 4.42. The van der Waals surface area contributed by atoms with E-state index in [0.717, 1.165) is 15.8 Å². The molecule has 0 atom stereocenters. The molecule has 0 bridgehead atoms. The van der Waals surface area contributed by atoms with Crippen LogP contribution in [-0.2, 0) is 4.79 Å². The van der Waals surface area contributed by atoms with E-state index in [1.807, 2.05) is 32.9 Å². The molecule has 0 aliphatic carbocycles. The van der Waals surface area contributed by atoms with E-state index in [2.05, 4.69) is 21.2 Å². The Bertz CT molecular complexity index is 559. The summed E-state index contributed by atoms with van der Waals surface area (Å²) in [6.45, 7) is 6.18. The van der Waals surface area contributed by atoms with Crippen LogP contribution in [0.1, 0.15) is 26.3 Å². The fourth-order valence-electron chi connectivity index (χ4n) is 1.53. The van der Waals surface area contributed by atoms with E-state index in [0.29, 0.717) is 6.61 Å². The van der Waals surface area contributed by atoms with Crippen LogP contribution < -0.4 is 10.1 Å². The quantitative estimate of drug-likeness (QED) is 0.662. The van der Waals surface area contributed by atoms with E-state index in [-0.39, 0.29) is 17.5 Å². The van der Waals surface area contributed by atoms with E-state index in [4.69, 9.17) is 10.00 Å². The Balaban J connectivity index is 2.99. The number of benzene rings is 1. The molecule has 1 amide bonds. The van der Waals surface area contributed by atoms with Gasteiger partial charge in [-0.2, -0.15) is 5.26 Å². The van der Waals surface area contributed by atoms with Crippen molar-refractivity contribution in [3.8, 4) is 11.8 Å². The van der Waals surface area contributed by atoms with Crippen LogP contribution in [0.2, 0.25) is 0 Å². The molecule has 1 aromatic rings. The van der Waals surface area contributed by atoms with Gasteiger partial charge in [0.15, 0.2) is 0 Å². The van der Waals surface area contributed by atoms with Crippen molar-refractivity contribution in [2.45, 2.75) is 26.8 Å². The zero-order valence-corrected chi connectivity index (χ0v) is 13.3. The molecular weight excluding hydrogens is 320 g/mol. The first kappa shape index (κ1) is 16.3. The summed E-state index contributed by atoms with van der Waals surface area (Å²) in [5.41, 5.74) is 0.838. The highest BCUT2D eigenvalue weighted by Gasteiger charge is 2.10. The number of halogens is 1. The van der Waals surface area contributed by atoms with Gasteiger partial charge in [0, 0.05) is 6.04 Å². The minimum Gasteiger partial charge on any atom is -0.493 e. The predicted octanol–water partition coefficient (Wildman–Crippen LogP) is 3.28. The number of hydrogen-bond donors (Lipinski definition) is 1. The summed E-state index contributed by atoms with van der Waals surface area (Å²) in [5.74, 6) is 0.363. The third-order valence-electron chi connectivity index (χ3n) is 2.35. The van der Waals surface area contributed by atoms with Gasteiger partial charge in [-0.1, -0.05) is 6.07 Å². The lowest BCUT2D eigenvalue weighted by atomic mass is 10.1. The van der Waals surface area contributed by atoms with Gasteiger partial charge in [0.2, 0.25) is 0 Å². The Labute approximate surface area is 127 Å². The lowest BCUT2D eigenvalue weighted by molar-refractivity contribution is -0.117. The highest BCUT2D eigenvalue weighted by atomic mass is 79.9. The molecule has 0 fully saturated rings. The average Bonchev–Trinajstić information content (AvgIpc) is 2.38. The summed E-state index contributed by atoms with van der Waals surface area (Å²) in [5, 5.41) is 11.8. The van der Waals surface area contributed by atoms with Gasteiger partial charge in [-0.05, 0) is 60.5 Å². The van der Waals surface area contributed by atoms with Crippen LogP contribution in [0.3, 0.4) is 0 Å². The number of nitrogens with one attached hydrogen (secondary N) is 1. The van der Waals surface area contributed by atoms with Crippen molar-refractivity contribution < 1.29 is 9.53 Å². The molecule has 0 aliphatic heterocycles. The van der Waals surface area contributed by atoms with Gasteiger partial charge in [0.1, 0.15) is 17.4 Å². The molecule has 0 aromatic heterocycles. The Morgan fingerprint density at radius 2 is 2.25 bits per heavy atom. The largest absolute Gasteiger partial charge is 0.493 e. The Kier molecular flexibility index (Phi) is 6.26. The van der Waals surface area contributed by atoms with Crippen molar-refractivity contribution in [2.75, 3.05) is 6.61 Å². The van der Waals surface area contributed by atoms with Crippen molar-refractivity contribution in [3.63, 3.8) is 0 Å². The van der Waals surface area contributed by atoms with Crippen LogP contribution in [0.25, 0.3) is 6.08 Å². The van der Waals surface area contributed by atoms with Gasteiger partial charge in [0.05, 0.1) is 11.1 Å². The van der Waals surface area contributed by atoms with Gasteiger partial charge < -0.3 is 10.1 Å². The third-order valence-corrected chi connectivity index (χ3v) is 2.97. The van der Waals surface area contributed by atoms with Gasteiger partial charge >= 0.3 is 0 Å². The van der Waals surface area contributed by atoms with Gasteiger partial charge in [-0.3, -0.25) is 4.79 Å². The van der Waals surface area contributed by atoms with E-state index in [9.17, 15) is 4.79 Å². The van der Waals surface area contributed by atoms with Crippen LogP contribution >= 0.6 is 15.9 Å². The van der Waals surface area contributed by atoms with Crippen molar-refractivity contribution in [1.29, 1.82) is 5.26 Å². The number of carbonyl (C=O) groups is 1. The fourth-order valence-corrected chi connectivity index (χ4v) is 2.05. The maximum atomic E-state index is 11.8. The van der Waals surface area contributed by atoms with Crippen LogP contribution in [-0.4, -0.2) is 18.6 Å². The van der Waals surface area contributed by atoms with Crippen molar-refractivity contribution in [1.82, 2.24) is 5.32 Å². The molecule has 1 N–H and O–H groups in total. The average molecular weight is 337 g/mol. The summed E-state index contributed by atoms with van der Waals surface area (Å²) >= 11 is 3.40. The number of amides is 1. The van der Waals surface area contributed by atoms with Crippen molar-refractivity contribution >= 4 is 27.9 Å². The van der Waals surface area contributed by atoms with Crippen LogP contribution in [0.4, 0.5) is 0 Å². The van der Waals surface area contributed by atoms with Gasteiger partial charge in [-0.15, -0.1) is 0 Å². The highest BCUT2D eigenvalue weighted by molar-refractivity contribution is 9.10. The number of carbonyl (C=O) groups excluding carboxylic acids is 1. The lowest BCUT2D eigenvalue weighted by Crippen LogP contribution is -2.30. The summed E-state index contributed by atoms with van der Waals surface area (Å²) < 4.78 is 6.20. The molecule has 1 aromatic carbocycles. The maximum absolute atomic E-state index is 11.8. The van der Waals surface area contributed by atoms with Crippen LogP contribution in [0.5, 0.6) is 5.75 Å². The molecule has 0 spiro atoms. The SMILES string of the molecule is CCOc1ccc(/C=C(/C#N)C(=O)NC(C)C)cc1Br. The molecule has 1 rings (SSSR count). The smallest absolute Gasteiger partial charge is 0.262 e. The third kappa shape index (κ3) is 4.71. The van der Waals surface area contributed by atoms with E-state index < -0.39 is 0 Å². The van der Waals surface area contributed by atoms with Crippen molar-refractivity contribution in [3.05, 3.63) is 33.8 Å². The number of nitrogens with zero attached hydrogens (tertiary/aromatic N) is 1. The summed E-state index contributed by atoms with van der Waals surface area (Å²) in [7, 11) is 0. The molecule has 0 aliphatic rings. The van der Waals surface area contributed by atoms with Crippen molar-refractivity contribution in [2.24, 2.45) is 0 Å². The minimum atomic E-state index is -0.368. The first-order valence-electron chi connectivity index (χ1n) is 6.33. The molecule has 5 heteroatoms. The number of nitriles is 1. The molecule has 0 unspecified atom stereocenters. The second kappa shape index (κ2) is 7.71. The fraction of sp³-hybridized carbons (Fsp3) is 0.333. The molecule has 4 nitrogen and oxygen atoms in total. The summed E-state index contributed by atoms with van der Waals surface area (Å²) in [6, 6.07) is 7.32. The van der Waals surface area contributed by atoms with Crippen LogP contribution in [0.15, 0.2) is 28.2 Å². The highest BCUT2D eigenvalue weighted by Crippen LogP contribution is 2.26. The molecule has 0 radical (unpaired) electrons. The van der Waals surface area contributed by atoms with E-state index in [1.54, 1.807) is 18.2 Å². The van der Waals surface area contributed by atoms with Gasteiger partial charge in [0.25, 0.3) is 5.91 Å². The summed E-state index contributed by atoms with van der Waals surface area (Å²) in [4.78, 5) is 11.8. The monoisotopic (exact) mass is 336 g/mol.